The largest absolute Gasteiger partial charge is 0.486 e. The van der Waals surface area contributed by atoms with Crippen LogP contribution in [0, 0.1) is 5.41 Å². The maximum Gasteiger partial charge on any atom is 0.157 e. The fourth-order valence-corrected chi connectivity index (χ4v) is 3.80. The van der Waals surface area contributed by atoms with Crippen LogP contribution < -0.4 is 4.74 Å². The Kier molecular flexibility index (Phi) is 2.81. The van der Waals surface area contributed by atoms with Gasteiger partial charge >= 0.3 is 0 Å². The minimum Gasteiger partial charge on any atom is -0.486 e. The normalized spacial score (nSPS) is 30.5. The maximum atomic E-state index is 6.40. The van der Waals surface area contributed by atoms with Crippen LogP contribution in [0.2, 0.25) is 0 Å². The zero-order chi connectivity index (χ0) is 11.9. The fraction of sp³-hybridized carbons (Fsp3) is 0.769. The van der Waals surface area contributed by atoms with Gasteiger partial charge in [0.2, 0.25) is 0 Å². The lowest BCUT2D eigenvalue weighted by Gasteiger charge is -2.50. The van der Waals surface area contributed by atoms with Crippen LogP contribution in [0.1, 0.15) is 39.0 Å². The zero-order valence-electron chi connectivity index (χ0n) is 10.2. The molecule has 1 heterocycles. The summed E-state index contributed by atoms with van der Waals surface area (Å²) in [5.41, 5.74) is 0.260. The summed E-state index contributed by atoms with van der Waals surface area (Å²) in [7, 11) is 0. The highest BCUT2D eigenvalue weighted by atomic mass is 35.5. The molecule has 1 spiro atoms. The van der Waals surface area contributed by atoms with Crippen LogP contribution >= 0.6 is 11.6 Å². The first kappa shape index (κ1) is 11.4. The van der Waals surface area contributed by atoms with Crippen LogP contribution in [0.15, 0.2) is 12.4 Å². The standard InChI is InChI=1S/C13H19ClN2O/c1-2-16-9-10(8-15-16)17-12-7-11(14)13(12)5-3-4-6-13/h8-9,11-12H,2-7H2,1H3. The Bertz CT molecular complexity index is 398. The molecule has 1 aromatic rings. The van der Waals surface area contributed by atoms with E-state index in [4.69, 9.17) is 16.3 Å². The molecule has 0 N–H and O–H groups in total. The van der Waals surface area contributed by atoms with Crippen molar-refractivity contribution in [3.8, 4) is 5.75 Å². The summed E-state index contributed by atoms with van der Waals surface area (Å²) >= 11 is 6.40. The van der Waals surface area contributed by atoms with Gasteiger partial charge in [-0.25, -0.2) is 0 Å². The Balaban J connectivity index is 1.69. The van der Waals surface area contributed by atoms with Crippen LogP contribution in [0.25, 0.3) is 0 Å². The molecule has 2 unspecified atom stereocenters. The van der Waals surface area contributed by atoms with Crippen molar-refractivity contribution in [1.82, 2.24) is 9.78 Å². The molecule has 2 aliphatic rings. The van der Waals surface area contributed by atoms with E-state index in [0.717, 1.165) is 18.7 Å². The van der Waals surface area contributed by atoms with E-state index in [1.807, 2.05) is 17.1 Å². The molecule has 2 fully saturated rings. The van der Waals surface area contributed by atoms with Crippen molar-refractivity contribution in [3.63, 3.8) is 0 Å². The number of ether oxygens (including phenoxy) is 1. The molecule has 0 radical (unpaired) electrons. The molecular weight excluding hydrogens is 236 g/mol. The van der Waals surface area contributed by atoms with Gasteiger partial charge in [0.15, 0.2) is 5.75 Å². The molecule has 2 saturated carbocycles. The third-order valence-corrected chi connectivity index (χ3v) is 5.05. The van der Waals surface area contributed by atoms with E-state index < -0.39 is 0 Å². The van der Waals surface area contributed by atoms with Gasteiger partial charge in [0.05, 0.1) is 12.4 Å². The molecule has 0 amide bonds. The summed E-state index contributed by atoms with van der Waals surface area (Å²) in [6.45, 7) is 2.96. The average Bonchev–Trinajstić information content (AvgIpc) is 2.99. The number of nitrogens with zero attached hydrogens (tertiary/aromatic N) is 2. The van der Waals surface area contributed by atoms with E-state index in [0.29, 0.717) is 11.5 Å². The Labute approximate surface area is 107 Å². The lowest BCUT2D eigenvalue weighted by Crippen LogP contribution is -2.55. The van der Waals surface area contributed by atoms with E-state index in [9.17, 15) is 0 Å². The second-order valence-corrected chi connectivity index (χ2v) is 5.81. The molecule has 17 heavy (non-hydrogen) atoms. The number of alkyl halides is 1. The van der Waals surface area contributed by atoms with E-state index in [2.05, 4.69) is 12.0 Å². The minimum atomic E-state index is 0.260. The molecule has 2 aliphatic carbocycles. The van der Waals surface area contributed by atoms with Crippen molar-refractivity contribution in [3.05, 3.63) is 12.4 Å². The SMILES string of the molecule is CCn1cc(OC2CC(Cl)C23CCCC3)cn1. The Morgan fingerprint density at radius 3 is 2.88 bits per heavy atom. The Hall–Kier alpha value is -0.700. The van der Waals surface area contributed by atoms with E-state index >= 15 is 0 Å². The first-order chi connectivity index (χ1) is 8.24. The minimum absolute atomic E-state index is 0.260. The lowest BCUT2D eigenvalue weighted by molar-refractivity contribution is -0.0355. The number of halogens is 1. The van der Waals surface area contributed by atoms with Crippen molar-refractivity contribution in [2.24, 2.45) is 5.41 Å². The smallest absolute Gasteiger partial charge is 0.157 e. The van der Waals surface area contributed by atoms with Gasteiger partial charge in [-0.3, -0.25) is 4.68 Å². The van der Waals surface area contributed by atoms with Crippen LogP contribution in [0.5, 0.6) is 5.75 Å². The highest BCUT2D eigenvalue weighted by molar-refractivity contribution is 6.21. The number of rotatable bonds is 3. The molecule has 3 nitrogen and oxygen atoms in total. The molecule has 1 aromatic heterocycles. The van der Waals surface area contributed by atoms with Crippen molar-refractivity contribution in [1.29, 1.82) is 0 Å². The summed E-state index contributed by atoms with van der Waals surface area (Å²) < 4.78 is 7.97. The van der Waals surface area contributed by atoms with Crippen molar-refractivity contribution >= 4 is 11.6 Å². The van der Waals surface area contributed by atoms with Gasteiger partial charge in [0, 0.05) is 23.8 Å². The summed E-state index contributed by atoms with van der Waals surface area (Å²) in [6.07, 6.45) is 10.1. The van der Waals surface area contributed by atoms with E-state index in [1.165, 1.54) is 25.7 Å². The summed E-state index contributed by atoms with van der Waals surface area (Å²) in [6, 6.07) is 0. The van der Waals surface area contributed by atoms with Gasteiger partial charge in [-0.1, -0.05) is 12.8 Å². The topological polar surface area (TPSA) is 27.1 Å². The van der Waals surface area contributed by atoms with Crippen LogP contribution in [-0.2, 0) is 6.54 Å². The van der Waals surface area contributed by atoms with Crippen LogP contribution in [-0.4, -0.2) is 21.3 Å². The van der Waals surface area contributed by atoms with Gasteiger partial charge in [-0.05, 0) is 19.8 Å². The third-order valence-electron chi connectivity index (χ3n) is 4.43. The van der Waals surface area contributed by atoms with Gasteiger partial charge in [-0.15, -0.1) is 11.6 Å². The predicted octanol–water partition coefficient (Wildman–Crippen LogP) is 3.22. The van der Waals surface area contributed by atoms with Crippen molar-refractivity contribution in [2.75, 3.05) is 0 Å². The first-order valence-corrected chi connectivity index (χ1v) is 7.01. The Morgan fingerprint density at radius 2 is 2.29 bits per heavy atom. The fourth-order valence-electron chi connectivity index (χ4n) is 3.28. The molecule has 0 aromatic carbocycles. The highest BCUT2D eigenvalue weighted by Gasteiger charge is 2.57. The third kappa shape index (κ3) is 1.75. The molecule has 0 bridgehead atoms. The van der Waals surface area contributed by atoms with E-state index in [1.54, 1.807) is 0 Å². The molecular formula is C13H19ClN2O. The average molecular weight is 255 g/mol. The molecule has 4 heteroatoms. The molecule has 0 saturated heterocycles. The Morgan fingerprint density at radius 1 is 1.53 bits per heavy atom. The number of hydrogen-bond donors (Lipinski definition) is 0. The van der Waals surface area contributed by atoms with Gasteiger partial charge in [0.25, 0.3) is 0 Å². The monoisotopic (exact) mass is 254 g/mol. The van der Waals surface area contributed by atoms with Gasteiger partial charge in [0.1, 0.15) is 6.10 Å². The zero-order valence-corrected chi connectivity index (χ0v) is 11.0. The predicted molar refractivity (Wildman–Crippen MR) is 67.5 cm³/mol. The molecule has 0 aliphatic heterocycles. The van der Waals surface area contributed by atoms with E-state index in [-0.39, 0.29) is 5.41 Å². The molecule has 3 rings (SSSR count). The summed E-state index contributed by atoms with van der Waals surface area (Å²) in [4.78, 5) is 0. The summed E-state index contributed by atoms with van der Waals surface area (Å²) in [5.74, 6) is 0.895. The second-order valence-electron chi connectivity index (χ2n) is 5.28. The van der Waals surface area contributed by atoms with Gasteiger partial charge in [-0.2, -0.15) is 5.10 Å². The maximum absolute atomic E-state index is 6.40. The quantitative estimate of drug-likeness (QED) is 0.775. The number of hydrogen-bond acceptors (Lipinski definition) is 2. The summed E-state index contributed by atoms with van der Waals surface area (Å²) in [5, 5.41) is 4.55. The van der Waals surface area contributed by atoms with Crippen molar-refractivity contribution < 1.29 is 4.74 Å². The lowest BCUT2D eigenvalue weighted by atomic mass is 9.64. The molecule has 2 atom stereocenters. The molecule has 94 valence electrons. The first-order valence-electron chi connectivity index (χ1n) is 6.58. The number of aryl methyl sites for hydroxylation is 1. The number of aromatic nitrogens is 2. The van der Waals surface area contributed by atoms with Gasteiger partial charge < -0.3 is 4.74 Å². The van der Waals surface area contributed by atoms with Crippen LogP contribution in [0.4, 0.5) is 0 Å². The second kappa shape index (κ2) is 4.20. The van der Waals surface area contributed by atoms with Crippen LogP contribution in [0.3, 0.4) is 0 Å². The highest BCUT2D eigenvalue weighted by Crippen LogP contribution is 2.56. The van der Waals surface area contributed by atoms with Crippen molar-refractivity contribution in [2.45, 2.75) is 57.1 Å².